The first-order valence-electron chi connectivity index (χ1n) is 3.55. The van der Waals surface area contributed by atoms with E-state index in [4.69, 9.17) is 0 Å². The molecule has 0 aromatic rings. The monoisotopic (exact) mass is 121 g/mol. The van der Waals surface area contributed by atoms with Gasteiger partial charge in [-0.3, -0.25) is 0 Å². The second-order valence-corrected chi connectivity index (χ2v) is 2.70. The Morgan fingerprint density at radius 1 is 1.22 bits per heavy atom. The second-order valence-electron chi connectivity index (χ2n) is 2.70. The summed E-state index contributed by atoms with van der Waals surface area (Å²) in [6, 6.07) is 0.648. The summed E-state index contributed by atoms with van der Waals surface area (Å²) in [7, 11) is 0. The normalized spacial score (nSPS) is 39.1. The SMILES string of the molecule is C1=CC2CCNC2C=C1. The first kappa shape index (κ1) is 5.24. The molecule has 1 saturated heterocycles. The molecule has 48 valence electrons. The molecule has 0 bridgehead atoms. The Morgan fingerprint density at radius 3 is 3.00 bits per heavy atom. The Hall–Kier alpha value is -0.560. The predicted octanol–water partition coefficient (Wildman–Crippen LogP) is 1.09. The molecule has 1 aliphatic heterocycles. The van der Waals surface area contributed by atoms with Crippen LogP contribution in [0.2, 0.25) is 0 Å². The van der Waals surface area contributed by atoms with Crippen LogP contribution in [-0.4, -0.2) is 12.6 Å². The van der Waals surface area contributed by atoms with Crippen molar-refractivity contribution in [2.75, 3.05) is 6.54 Å². The van der Waals surface area contributed by atoms with E-state index in [1.165, 1.54) is 13.0 Å². The third-order valence-electron chi connectivity index (χ3n) is 2.11. The number of nitrogens with one attached hydrogen (secondary N) is 1. The largest absolute Gasteiger partial charge is 0.310 e. The van der Waals surface area contributed by atoms with Crippen molar-refractivity contribution in [2.45, 2.75) is 12.5 Å². The Bertz CT molecular complexity index is 140. The highest BCUT2D eigenvalue weighted by Crippen LogP contribution is 2.20. The molecular weight excluding hydrogens is 110 g/mol. The van der Waals surface area contributed by atoms with E-state index in [0.29, 0.717) is 6.04 Å². The summed E-state index contributed by atoms with van der Waals surface area (Å²) in [5, 5.41) is 3.42. The van der Waals surface area contributed by atoms with Crippen LogP contribution in [0.15, 0.2) is 24.3 Å². The molecule has 1 heteroatoms. The second kappa shape index (κ2) is 1.99. The molecular formula is C8H11N. The molecule has 9 heavy (non-hydrogen) atoms. The fraction of sp³-hybridized carbons (Fsp3) is 0.500. The van der Waals surface area contributed by atoms with E-state index in [1.54, 1.807) is 0 Å². The molecule has 1 nitrogen and oxygen atoms in total. The van der Waals surface area contributed by atoms with Gasteiger partial charge in [0.05, 0.1) is 0 Å². The van der Waals surface area contributed by atoms with Gasteiger partial charge in [0.2, 0.25) is 0 Å². The predicted molar refractivity (Wildman–Crippen MR) is 38.2 cm³/mol. The van der Waals surface area contributed by atoms with Crippen LogP contribution < -0.4 is 5.32 Å². The summed E-state index contributed by atoms with van der Waals surface area (Å²) in [6.45, 7) is 1.18. The quantitative estimate of drug-likeness (QED) is 0.506. The molecule has 1 fully saturated rings. The van der Waals surface area contributed by atoms with Gasteiger partial charge in [-0.2, -0.15) is 0 Å². The van der Waals surface area contributed by atoms with Crippen LogP contribution in [0.3, 0.4) is 0 Å². The summed E-state index contributed by atoms with van der Waals surface area (Å²) >= 11 is 0. The zero-order valence-corrected chi connectivity index (χ0v) is 5.38. The Balaban J connectivity index is 2.18. The van der Waals surface area contributed by atoms with Gasteiger partial charge in [0.25, 0.3) is 0 Å². The standard InChI is InChI=1S/C8H11N/c1-2-4-8-7(3-1)5-6-9-8/h1-4,7-9H,5-6H2. The number of allylic oxidation sites excluding steroid dienone is 2. The van der Waals surface area contributed by atoms with Crippen LogP contribution in [0.4, 0.5) is 0 Å². The van der Waals surface area contributed by atoms with Crippen LogP contribution in [0.25, 0.3) is 0 Å². The highest BCUT2D eigenvalue weighted by molar-refractivity contribution is 5.18. The smallest absolute Gasteiger partial charge is 0.0316 e. The summed E-state index contributed by atoms with van der Waals surface area (Å²) in [5.74, 6) is 0.787. The van der Waals surface area contributed by atoms with Crippen molar-refractivity contribution in [1.29, 1.82) is 0 Å². The highest BCUT2D eigenvalue weighted by Gasteiger charge is 2.22. The molecule has 0 aromatic heterocycles. The maximum atomic E-state index is 3.42. The van der Waals surface area contributed by atoms with Crippen molar-refractivity contribution < 1.29 is 0 Å². The molecule has 2 unspecified atom stereocenters. The molecule has 1 N–H and O–H groups in total. The Kier molecular flexibility index (Phi) is 1.16. The van der Waals surface area contributed by atoms with Gasteiger partial charge in [0, 0.05) is 6.04 Å². The van der Waals surface area contributed by atoms with E-state index in [0.717, 1.165) is 5.92 Å². The molecule has 0 amide bonds. The molecule has 0 saturated carbocycles. The maximum absolute atomic E-state index is 3.42. The lowest BCUT2D eigenvalue weighted by Crippen LogP contribution is -2.24. The molecule has 2 atom stereocenters. The number of rotatable bonds is 0. The van der Waals surface area contributed by atoms with E-state index >= 15 is 0 Å². The van der Waals surface area contributed by atoms with E-state index in [9.17, 15) is 0 Å². The van der Waals surface area contributed by atoms with Crippen LogP contribution in [0.5, 0.6) is 0 Å². The lowest BCUT2D eigenvalue weighted by molar-refractivity contribution is 0.613. The van der Waals surface area contributed by atoms with Crippen LogP contribution >= 0.6 is 0 Å². The third kappa shape index (κ3) is 0.815. The Labute approximate surface area is 55.5 Å². The average molecular weight is 121 g/mol. The summed E-state index contributed by atoms with van der Waals surface area (Å²) < 4.78 is 0. The Morgan fingerprint density at radius 2 is 2.11 bits per heavy atom. The topological polar surface area (TPSA) is 12.0 Å². The molecule has 2 aliphatic rings. The third-order valence-corrected chi connectivity index (χ3v) is 2.11. The van der Waals surface area contributed by atoms with E-state index < -0.39 is 0 Å². The minimum Gasteiger partial charge on any atom is -0.310 e. The van der Waals surface area contributed by atoms with Gasteiger partial charge in [0.1, 0.15) is 0 Å². The van der Waals surface area contributed by atoms with Crippen molar-refractivity contribution in [3.63, 3.8) is 0 Å². The number of fused-ring (bicyclic) bond motifs is 1. The average Bonchev–Trinajstić information content (AvgIpc) is 2.33. The molecule has 2 rings (SSSR count). The number of hydrogen-bond donors (Lipinski definition) is 1. The van der Waals surface area contributed by atoms with Gasteiger partial charge < -0.3 is 5.32 Å². The summed E-state index contributed by atoms with van der Waals surface area (Å²) in [6.07, 6.45) is 10.1. The molecule has 0 spiro atoms. The lowest BCUT2D eigenvalue weighted by atomic mass is 9.97. The molecule has 1 heterocycles. The van der Waals surface area contributed by atoms with Crippen LogP contribution in [-0.2, 0) is 0 Å². The van der Waals surface area contributed by atoms with Gasteiger partial charge in [-0.05, 0) is 18.9 Å². The van der Waals surface area contributed by atoms with E-state index in [2.05, 4.69) is 29.6 Å². The van der Waals surface area contributed by atoms with Crippen LogP contribution in [0.1, 0.15) is 6.42 Å². The molecule has 0 radical (unpaired) electrons. The number of hydrogen-bond acceptors (Lipinski definition) is 1. The fourth-order valence-electron chi connectivity index (χ4n) is 1.57. The van der Waals surface area contributed by atoms with Gasteiger partial charge >= 0.3 is 0 Å². The lowest BCUT2D eigenvalue weighted by Gasteiger charge is -2.13. The first-order chi connectivity index (χ1) is 4.47. The van der Waals surface area contributed by atoms with Crippen molar-refractivity contribution in [1.82, 2.24) is 5.32 Å². The van der Waals surface area contributed by atoms with Gasteiger partial charge in [-0.25, -0.2) is 0 Å². The summed E-state index contributed by atoms with van der Waals surface area (Å²) in [5.41, 5.74) is 0. The summed E-state index contributed by atoms with van der Waals surface area (Å²) in [4.78, 5) is 0. The minimum absolute atomic E-state index is 0.648. The van der Waals surface area contributed by atoms with Gasteiger partial charge in [-0.15, -0.1) is 0 Å². The van der Waals surface area contributed by atoms with Gasteiger partial charge in [0.15, 0.2) is 0 Å². The zero-order valence-electron chi connectivity index (χ0n) is 5.38. The minimum atomic E-state index is 0.648. The van der Waals surface area contributed by atoms with Gasteiger partial charge in [-0.1, -0.05) is 24.3 Å². The van der Waals surface area contributed by atoms with Crippen molar-refractivity contribution in [2.24, 2.45) is 5.92 Å². The highest BCUT2D eigenvalue weighted by atomic mass is 14.9. The first-order valence-corrected chi connectivity index (χ1v) is 3.55. The maximum Gasteiger partial charge on any atom is 0.0316 e. The van der Waals surface area contributed by atoms with E-state index in [1.807, 2.05) is 0 Å². The van der Waals surface area contributed by atoms with E-state index in [-0.39, 0.29) is 0 Å². The van der Waals surface area contributed by atoms with Crippen molar-refractivity contribution >= 4 is 0 Å². The zero-order chi connectivity index (χ0) is 6.10. The van der Waals surface area contributed by atoms with Crippen molar-refractivity contribution in [3.8, 4) is 0 Å². The fourth-order valence-corrected chi connectivity index (χ4v) is 1.57. The molecule has 1 aliphatic carbocycles. The molecule has 0 aromatic carbocycles. The van der Waals surface area contributed by atoms with Crippen LogP contribution in [0, 0.1) is 5.92 Å². The van der Waals surface area contributed by atoms with Crippen molar-refractivity contribution in [3.05, 3.63) is 24.3 Å².